The average molecular weight is 306 g/mol. The molecule has 16 heavy (non-hydrogen) atoms. The fraction of sp³-hybridized carbons (Fsp3) is 0.545. The van der Waals surface area contributed by atoms with Crippen LogP contribution in [0.15, 0.2) is 15.9 Å². The molecule has 0 unspecified atom stereocenters. The number of hydrogen-bond acceptors (Lipinski definition) is 4. The zero-order valence-corrected chi connectivity index (χ0v) is 11.7. The van der Waals surface area contributed by atoms with E-state index in [0.717, 1.165) is 22.3 Å². The largest absolute Gasteiger partial charge is 0.395 e. The molecule has 0 amide bonds. The summed E-state index contributed by atoms with van der Waals surface area (Å²) < 4.78 is 0.864. The summed E-state index contributed by atoms with van der Waals surface area (Å²) in [6, 6.07) is 1.88. The van der Waals surface area contributed by atoms with Crippen LogP contribution in [0.4, 0.5) is 0 Å². The number of carbonyl (C=O) groups excluding carboxylic acids is 1. The first-order chi connectivity index (χ1) is 7.69. The molecule has 0 spiro atoms. The second kappa shape index (κ2) is 7.17. The molecule has 0 aromatic carbocycles. The van der Waals surface area contributed by atoms with E-state index < -0.39 is 0 Å². The fourth-order valence-corrected chi connectivity index (χ4v) is 3.02. The van der Waals surface area contributed by atoms with Crippen molar-refractivity contribution in [3.05, 3.63) is 20.8 Å². The first-order valence-corrected chi connectivity index (χ1v) is 6.95. The van der Waals surface area contributed by atoms with Crippen LogP contribution in [-0.4, -0.2) is 42.0 Å². The summed E-state index contributed by atoms with van der Waals surface area (Å²) in [7, 11) is 0. The Balaban J connectivity index is 2.58. The van der Waals surface area contributed by atoms with Gasteiger partial charge < -0.3 is 5.11 Å². The molecule has 1 aromatic rings. The number of aliphatic hydroxyl groups excluding tert-OH is 1. The summed E-state index contributed by atoms with van der Waals surface area (Å²) in [5.74, 6) is 0.115. The summed E-state index contributed by atoms with van der Waals surface area (Å²) in [6.07, 6.45) is 0.985. The first kappa shape index (κ1) is 13.8. The van der Waals surface area contributed by atoms with Crippen LogP contribution >= 0.6 is 27.3 Å². The lowest BCUT2D eigenvalue weighted by Gasteiger charge is -2.19. The molecule has 0 saturated heterocycles. The predicted molar refractivity (Wildman–Crippen MR) is 70.2 cm³/mol. The molecule has 0 fully saturated rings. The number of rotatable bonds is 7. The number of halogens is 1. The zero-order valence-electron chi connectivity index (χ0n) is 9.28. The molecule has 5 heteroatoms. The maximum atomic E-state index is 11.9. The van der Waals surface area contributed by atoms with E-state index in [0.29, 0.717) is 13.1 Å². The Morgan fingerprint density at radius 2 is 2.31 bits per heavy atom. The Bertz CT molecular complexity index is 334. The quantitative estimate of drug-likeness (QED) is 0.786. The summed E-state index contributed by atoms with van der Waals surface area (Å²) in [6.45, 7) is 3.94. The van der Waals surface area contributed by atoms with Gasteiger partial charge in [-0.1, -0.05) is 6.92 Å². The molecule has 1 N–H and O–H groups in total. The highest BCUT2D eigenvalue weighted by Crippen LogP contribution is 2.23. The molecule has 0 bridgehead atoms. The Labute approximate surface area is 108 Å². The van der Waals surface area contributed by atoms with E-state index in [1.165, 1.54) is 11.3 Å². The van der Waals surface area contributed by atoms with E-state index in [2.05, 4.69) is 22.9 Å². The summed E-state index contributed by atoms with van der Waals surface area (Å²) >= 11 is 4.81. The summed E-state index contributed by atoms with van der Waals surface area (Å²) in [5.41, 5.74) is 0. The third-order valence-corrected chi connectivity index (χ3v) is 4.07. The molecule has 1 heterocycles. The van der Waals surface area contributed by atoms with Gasteiger partial charge in [0.25, 0.3) is 0 Å². The molecule has 0 saturated carbocycles. The monoisotopic (exact) mass is 305 g/mol. The molecule has 90 valence electrons. The Kier molecular flexibility index (Phi) is 6.20. The van der Waals surface area contributed by atoms with Crippen LogP contribution in [0.5, 0.6) is 0 Å². The highest BCUT2D eigenvalue weighted by Gasteiger charge is 2.15. The fourth-order valence-electron chi connectivity index (χ4n) is 1.50. The van der Waals surface area contributed by atoms with Crippen LogP contribution < -0.4 is 0 Å². The van der Waals surface area contributed by atoms with Crippen molar-refractivity contribution >= 4 is 33.0 Å². The van der Waals surface area contributed by atoms with E-state index >= 15 is 0 Å². The lowest BCUT2D eigenvalue weighted by molar-refractivity contribution is 0.0918. The topological polar surface area (TPSA) is 40.5 Å². The Morgan fingerprint density at radius 3 is 2.81 bits per heavy atom. The van der Waals surface area contributed by atoms with Crippen molar-refractivity contribution in [3.63, 3.8) is 0 Å². The Hall–Kier alpha value is -0.230. The van der Waals surface area contributed by atoms with E-state index in [1.54, 1.807) is 0 Å². The normalized spacial score (nSPS) is 11.0. The third kappa shape index (κ3) is 3.97. The van der Waals surface area contributed by atoms with Gasteiger partial charge in [-0.3, -0.25) is 9.69 Å². The second-order valence-corrected chi connectivity index (χ2v) is 5.29. The van der Waals surface area contributed by atoms with Gasteiger partial charge >= 0.3 is 0 Å². The van der Waals surface area contributed by atoms with E-state index in [4.69, 9.17) is 5.11 Å². The molecule has 1 rings (SSSR count). The molecule has 0 radical (unpaired) electrons. The summed E-state index contributed by atoms with van der Waals surface area (Å²) in [4.78, 5) is 14.7. The maximum absolute atomic E-state index is 11.9. The molecule has 0 aliphatic heterocycles. The van der Waals surface area contributed by atoms with Gasteiger partial charge in [0.05, 0.1) is 18.0 Å². The van der Waals surface area contributed by atoms with E-state index in [1.807, 2.05) is 16.3 Å². The Morgan fingerprint density at radius 1 is 1.56 bits per heavy atom. The van der Waals surface area contributed by atoms with Gasteiger partial charge in [0.2, 0.25) is 0 Å². The van der Waals surface area contributed by atoms with E-state index in [-0.39, 0.29) is 12.4 Å². The summed E-state index contributed by atoms with van der Waals surface area (Å²) in [5, 5.41) is 10.8. The number of aliphatic hydroxyl groups is 1. The predicted octanol–water partition coefficient (Wildman–Crippen LogP) is 2.40. The standard InChI is InChI=1S/C11H16BrNO2S/c1-2-4-13(5-6-14)8-10(15)11-9(12)3-7-16-11/h3,7,14H,2,4-6,8H2,1H3. The maximum Gasteiger partial charge on any atom is 0.187 e. The number of carbonyl (C=O) groups is 1. The van der Waals surface area contributed by atoms with Gasteiger partial charge in [0.15, 0.2) is 5.78 Å². The third-order valence-electron chi connectivity index (χ3n) is 2.19. The highest BCUT2D eigenvalue weighted by atomic mass is 79.9. The van der Waals surface area contributed by atoms with Gasteiger partial charge in [-0.2, -0.15) is 0 Å². The van der Waals surface area contributed by atoms with Gasteiger partial charge in [0.1, 0.15) is 0 Å². The lowest BCUT2D eigenvalue weighted by atomic mass is 10.3. The minimum Gasteiger partial charge on any atom is -0.395 e. The van der Waals surface area contributed by atoms with Crippen LogP contribution in [-0.2, 0) is 0 Å². The minimum absolute atomic E-state index is 0.0961. The molecular formula is C11H16BrNO2S. The number of Topliss-reactive ketones (excluding diaryl/α,β-unsaturated/α-hetero) is 1. The van der Waals surface area contributed by atoms with Crippen molar-refractivity contribution in [2.75, 3.05) is 26.2 Å². The second-order valence-electron chi connectivity index (χ2n) is 3.52. The molecule has 0 atom stereocenters. The van der Waals surface area contributed by atoms with Crippen molar-refractivity contribution in [2.24, 2.45) is 0 Å². The molecule has 1 aromatic heterocycles. The van der Waals surface area contributed by atoms with Crippen molar-refractivity contribution in [2.45, 2.75) is 13.3 Å². The highest BCUT2D eigenvalue weighted by molar-refractivity contribution is 9.10. The van der Waals surface area contributed by atoms with Crippen molar-refractivity contribution < 1.29 is 9.90 Å². The number of ketones is 1. The zero-order chi connectivity index (χ0) is 12.0. The smallest absolute Gasteiger partial charge is 0.187 e. The molecule has 3 nitrogen and oxygen atoms in total. The minimum atomic E-state index is 0.0961. The first-order valence-electron chi connectivity index (χ1n) is 5.28. The molecular weight excluding hydrogens is 290 g/mol. The SMILES string of the molecule is CCCN(CCO)CC(=O)c1sccc1Br. The van der Waals surface area contributed by atoms with Gasteiger partial charge in [-0.25, -0.2) is 0 Å². The number of thiophene rings is 1. The number of nitrogens with zero attached hydrogens (tertiary/aromatic N) is 1. The van der Waals surface area contributed by atoms with Crippen molar-refractivity contribution in [1.82, 2.24) is 4.90 Å². The van der Waals surface area contributed by atoms with Crippen LogP contribution in [0.3, 0.4) is 0 Å². The lowest BCUT2D eigenvalue weighted by Crippen LogP contribution is -2.32. The van der Waals surface area contributed by atoms with E-state index in [9.17, 15) is 4.79 Å². The number of hydrogen-bond donors (Lipinski definition) is 1. The average Bonchev–Trinajstić information content (AvgIpc) is 2.65. The molecule has 0 aliphatic rings. The van der Waals surface area contributed by atoms with Gasteiger partial charge in [-0.05, 0) is 40.3 Å². The van der Waals surface area contributed by atoms with Gasteiger partial charge in [0, 0.05) is 11.0 Å². The van der Waals surface area contributed by atoms with Crippen molar-refractivity contribution in [3.8, 4) is 0 Å². The van der Waals surface area contributed by atoms with Crippen LogP contribution in [0.2, 0.25) is 0 Å². The van der Waals surface area contributed by atoms with Gasteiger partial charge in [-0.15, -0.1) is 11.3 Å². The molecule has 0 aliphatic carbocycles. The van der Waals surface area contributed by atoms with Crippen LogP contribution in [0.25, 0.3) is 0 Å². The van der Waals surface area contributed by atoms with Crippen LogP contribution in [0, 0.1) is 0 Å². The van der Waals surface area contributed by atoms with Crippen LogP contribution in [0.1, 0.15) is 23.0 Å². The van der Waals surface area contributed by atoms with Crippen molar-refractivity contribution in [1.29, 1.82) is 0 Å².